The number of nitrogens with one attached hydrogen (secondary N) is 1. The minimum atomic E-state index is -0.262. The van der Waals surface area contributed by atoms with Crippen molar-refractivity contribution in [1.29, 1.82) is 0 Å². The Bertz CT molecular complexity index is 596. The summed E-state index contributed by atoms with van der Waals surface area (Å²) in [5, 5.41) is 3.10. The van der Waals surface area contributed by atoms with Gasteiger partial charge in [0, 0.05) is 5.69 Å². The van der Waals surface area contributed by atoms with E-state index in [0.29, 0.717) is 11.3 Å². The Hall–Kier alpha value is -2.00. The molecule has 3 N–H and O–H groups in total. The van der Waals surface area contributed by atoms with E-state index in [9.17, 15) is 4.79 Å². The van der Waals surface area contributed by atoms with Gasteiger partial charge in [0.05, 0.1) is 16.3 Å². The molecule has 0 fully saturated rings. The van der Waals surface area contributed by atoms with Crippen LogP contribution >= 0.6 is 11.6 Å². The number of hydrogen-bond acceptors (Lipinski definition) is 2. The summed E-state index contributed by atoms with van der Waals surface area (Å²) in [5.41, 5.74) is 8.20. The molecule has 0 unspecified atom stereocenters. The van der Waals surface area contributed by atoms with Gasteiger partial charge in [-0.25, -0.2) is 0 Å². The molecule has 1 amide bonds. The Morgan fingerprint density at radius 2 is 1.89 bits per heavy atom. The maximum absolute atomic E-state index is 12.1. The van der Waals surface area contributed by atoms with Crippen LogP contribution < -0.4 is 11.1 Å². The van der Waals surface area contributed by atoms with E-state index < -0.39 is 0 Å². The fourth-order valence-electron chi connectivity index (χ4n) is 1.63. The number of carbonyl (C=O) groups excluding carboxylic acids is 1. The quantitative estimate of drug-likeness (QED) is 0.812. The molecule has 0 aromatic heterocycles. The second-order valence-electron chi connectivity index (χ2n) is 3.98. The average Bonchev–Trinajstić information content (AvgIpc) is 2.35. The van der Waals surface area contributed by atoms with E-state index in [1.54, 1.807) is 18.2 Å². The maximum atomic E-state index is 12.1. The number of hydrogen-bond donors (Lipinski definition) is 2. The second-order valence-corrected chi connectivity index (χ2v) is 4.36. The lowest BCUT2D eigenvalue weighted by Crippen LogP contribution is -2.13. The Kier molecular flexibility index (Phi) is 3.53. The zero-order valence-corrected chi connectivity index (χ0v) is 10.7. The first-order chi connectivity index (χ1) is 8.59. The van der Waals surface area contributed by atoms with Gasteiger partial charge in [0.1, 0.15) is 0 Å². The zero-order valence-electron chi connectivity index (χ0n) is 9.91. The Morgan fingerprint density at radius 1 is 1.17 bits per heavy atom. The summed E-state index contributed by atoms with van der Waals surface area (Å²) in [5.74, 6) is -0.262. The van der Waals surface area contributed by atoms with Crippen molar-refractivity contribution in [3.8, 4) is 0 Å². The predicted octanol–water partition coefficient (Wildman–Crippen LogP) is 3.48. The van der Waals surface area contributed by atoms with Crippen LogP contribution in [-0.2, 0) is 0 Å². The van der Waals surface area contributed by atoms with Crippen LogP contribution in [0.15, 0.2) is 42.5 Å². The summed E-state index contributed by atoms with van der Waals surface area (Å²) < 4.78 is 0. The molecule has 0 heterocycles. The Labute approximate surface area is 111 Å². The molecule has 0 bridgehead atoms. The molecule has 0 saturated heterocycles. The molecule has 0 aliphatic rings. The van der Waals surface area contributed by atoms with Crippen molar-refractivity contribution in [3.05, 3.63) is 58.6 Å². The van der Waals surface area contributed by atoms with Crippen molar-refractivity contribution in [2.45, 2.75) is 6.92 Å². The largest absolute Gasteiger partial charge is 0.398 e. The van der Waals surface area contributed by atoms with Crippen LogP contribution in [-0.4, -0.2) is 5.91 Å². The fourth-order valence-corrected chi connectivity index (χ4v) is 1.84. The number of anilines is 2. The molecule has 2 rings (SSSR count). The van der Waals surface area contributed by atoms with Gasteiger partial charge in [-0.15, -0.1) is 0 Å². The lowest BCUT2D eigenvalue weighted by atomic mass is 10.1. The highest BCUT2D eigenvalue weighted by Gasteiger charge is 2.12. The van der Waals surface area contributed by atoms with Crippen molar-refractivity contribution in [1.82, 2.24) is 0 Å². The fraction of sp³-hybridized carbons (Fsp3) is 0.0714. The molecule has 4 heteroatoms. The van der Waals surface area contributed by atoms with Crippen LogP contribution in [0.3, 0.4) is 0 Å². The van der Waals surface area contributed by atoms with Crippen molar-refractivity contribution in [2.24, 2.45) is 0 Å². The molecular weight excluding hydrogens is 248 g/mol. The Balaban J connectivity index is 2.28. The number of rotatable bonds is 2. The molecular formula is C14H13ClN2O. The van der Waals surface area contributed by atoms with E-state index in [0.717, 1.165) is 11.3 Å². The third-order valence-electron chi connectivity index (χ3n) is 2.67. The number of benzene rings is 2. The summed E-state index contributed by atoms with van der Waals surface area (Å²) in [6, 6.07) is 12.6. The molecule has 3 nitrogen and oxygen atoms in total. The van der Waals surface area contributed by atoms with Gasteiger partial charge < -0.3 is 11.1 Å². The molecule has 0 aliphatic carbocycles. The number of carbonyl (C=O) groups is 1. The normalized spacial score (nSPS) is 10.1. The second kappa shape index (κ2) is 5.10. The molecule has 0 spiro atoms. The highest BCUT2D eigenvalue weighted by molar-refractivity contribution is 6.36. The topological polar surface area (TPSA) is 55.1 Å². The van der Waals surface area contributed by atoms with E-state index in [-0.39, 0.29) is 10.9 Å². The van der Waals surface area contributed by atoms with Crippen LogP contribution in [0, 0.1) is 6.92 Å². The van der Waals surface area contributed by atoms with E-state index in [2.05, 4.69) is 5.32 Å². The van der Waals surface area contributed by atoms with Crippen molar-refractivity contribution < 1.29 is 4.79 Å². The van der Waals surface area contributed by atoms with E-state index in [4.69, 9.17) is 17.3 Å². The first kappa shape index (κ1) is 12.5. The van der Waals surface area contributed by atoms with Crippen LogP contribution in [0.4, 0.5) is 11.4 Å². The van der Waals surface area contributed by atoms with Gasteiger partial charge in [-0.1, -0.05) is 35.9 Å². The third-order valence-corrected chi connectivity index (χ3v) is 3.09. The van der Waals surface area contributed by atoms with Crippen LogP contribution in [0.5, 0.6) is 0 Å². The van der Waals surface area contributed by atoms with Gasteiger partial charge in [0.25, 0.3) is 5.91 Å². The number of aryl methyl sites for hydroxylation is 1. The van der Waals surface area contributed by atoms with Crippen molar-refractivity contribution in [3.63, 3.8) is 0 Å². The molecule has 0 saturated carbocycles. The summed E-state index contributed by atoms with van der Waals surface area (Å²) in [4.78, 5) is 12.1. The first-order valence-electron chi connectivity index (χ1n) is 5.50. The number of nitrogens with two attached hydrogens (primary N) is 1. The van der Waals surface area contributed by atoms with Gasteiger partial charge in [-0.05, 0) is 30.7 Å². The summed E-state index contributed by atoms with van der Waals surface area (Å²) in [6.45, 7) is 1.93. The van der Waals surface area contributed by atoms with Crippen LogP contribution in [0.25, 0.3) is 0 Å². The molecule has 2 aromatic rings. The van der Waals surface area contributed by atoms with Gasteiger partial charge in [0.2, 0.25) is 0 Å². The minimum Gasteiger partial charge on any atom is -0.398 e. The lowest BCUT2D eigenvalue weighted by Gasteiger charge is -2.10. The maximum Gasteiger partial charge on any atom is 0.257 e. The monoisotopic (exact) mass is 260 g/mol. The summed E-state index contributed by atoms with van der Waals surface area (Å²) in [7, 11) is 0. The van der Waals surface area contributed by atoms with Gasteiger partial charge in [-0.2, -0.15) is 0 Å². The van der Waals surface area contributed by atoms with Crippen LogP contribution in [0.2, 0.25) is 5.02 Å². The van der Waals surface area contributed by atoms with Crippen molar-refractivity contribution >= 4 is 28.9 Å². The van der Waals surface area contributed by atoms with Gasteiger partial charge in [-0.3, -0.25) is 4.79 Å². The smallest absolute Gasteiger partial charge is 0.257 e. The minimum absolute atomic E-state index is 0.262. The highest BCUT2D eigenvalue weighted by atomic mass is 35.5. The van der Waals surface area contributed by atoms with E-state index in [1.165, 1.54) is 0 Å². The number of halogens is 1. The molecule has 0 radical (unpaired) electrons. The highest BCUT2D eigenvalue weighted by Crippen LogP contribution is 2.24. The summed E-state index contributed by atoms with van der Waals surface area (Å²) in [6.07, 6.45) is 0. The zero-order chi connectivity index (χ0) is 13.1. The number of para-hydroxylation sites is 1. The predicted molar refractivity (Wildman–Crippen MR) is 75.0 cm³/mol. The third kappa shape index (κ3) is 2.46. The van der Waals surface area contributed by atoms with E-state index in [1.807, 2.05) is 31.2 Å². The molecule has 0 aliphatic heterocycles. The standard InChI is InChI=1S/C14H13ClN2O/c1-9-5-2-3-8-12(9)17-14(18)10-6-4-7-11(16)13(10)15/h2-8H,16H2,1H3,(H,17,18). The Morgan fingerprint density at radius 3 is 2.61 bits per heavy atom. The molecule has 0 atom stereocenters. The molecule has 92 valence electrons. The molecule has 2 aromatic carbocycles. The summed E-state index contributed by atoms with van der Waals surface area (Å²) >= 11 is 6.01. The first-order valence-corrected chi connectivity index (χ1v) is 5.88. The average molecular weight is 261 g/mol. The van der Waals surface area contributed by atoms with Gasteiger partial charge in [0.15, 0.2) is 0 Å². The van der Waals surface area contributed by atoms with E-state index >= 15 is 0 Å². The number of amides is 1. The van der Waals surface area contributed by atoms with Crippen LogP contribution in [0.1, 0.15) is 15.9 Å². The number of nitrogen functional groups attached to an aromatic ring is 1. The van der Waals surface area contributed by atoms with Gasteiger partial charge >= 0.3 is 0 Å². The molecule has 18 heavy (non-hydrogen) atoms. The lowest BCUT2D eigenvalue weighted by molar-refractivity contribution is 0.102. The van der Waals surface area contributed by atoms with Crippen molar-refractivity contribution in [2.75, 3.05) is 11.1 Å². The SMILES string of the molecule is Cc1ccccc1NC(=O)c1cccc(N)c1Cl.